The first-order valence-electron chi connectivity index (χ1n) is 7.16. The van der Waals surface area contributed by atoms with E-state index in [0.29, 0.717) is 24.3 Å². The molecule has 0 aromatic heterocycles. The summed E-state index contributed by atoms with van der Waals surface area (Å²) in [6, 6.07) is 0.479. The van der Waals surface area contributed by atoms with Crippen molar-refractivity contribution >= 4 is 5.91 Å². The molecule has 2 fully saturated rings. The number of rotatable bonds is 5. The minimum absolute atomic E-state index is 0.0914. The average Bonchev–Trinajstić information content (AvgIpc) is 3.07. The van der Waals surface area contributed by atoms with Gasteiger partial charge in [-0.1, -0.05) is 20.3 Å². The van der Waals surface area contributed by atoms with Gasteiger partial charge in [0.1, 0.15) is 0 Å². The third kappa shape index (κ3) is 3.21. The molecule has 0 aromatic rings. The molecule has 3 nitrogen and oxygen atoms in total. The van der Waals surface area contributed by atoms with Crippen LogP contribution in [0.2, 0.25) is 0 Å². The van der Waals surface area contributed by atoms with Crippen molar-refractivity contribution in [2.45, 2.75) is 64.5 Å². The fourth-order valence-corrected chi connectivity index (χ4v) is 3.20. The highest BCUT2D eigenvalue weighted by molar-refractivity contribution is 5.77. The van der Waals surface area contributed by atoms with Crippen LogP contribution >= 0.6 is 0 Å². The van der Waals surface area contributed by atoms with Gasteiger partial charge in [-0.05, 0) is 43.4 Å². The quantitative estimate of drug-likeness (QED) is 0.770. The molecule has 2 saturated carbocycles. The molecule has 17 heavy (non-hydrogen) atoms. The monoisotopic (exact) mass is 238 g/mol. The van der Waals surface area contributed by atoms with Crippen molar-refractivity contribution in [3.63, 3.8) is 0 Å². The number of carbonyl (C=O) groups excluding carboxylic acids is 1. The highest BCUT2D eigenvalue weighted by Gasteiger charge is 2.34. The topological polar surface area (TPSA) is 55.1 Å². The van der Waals surface area contributed by atoms with Crippen LogP contribution in [0.25, 0.3) is 0 Å². The molecule has 0 spiro atoms. The van der Waals surface area contributed by atoms with Crippen molar-refractivity contribution in [2.75, 3.05) is 0 Å². The molecule has 0 aromatic carbocycles. The summed E-state index contributed by atoms with van der Waals surface area (Å²) in [5.41, 5.74) is 5.98. The van der Waals surface area contributed by atoms with Gasteiger partial charge >= 0.3 is 0 Å². The third-order valence-electron chi connectivity index (χ3n) is 4.75. The van der Waals surface area contributed by atoms with Crippen LogP contribution in [0.5, 0.6) is 0 Å². The first-order chi connectivity index (χ1) is 8.11. The van der Waals surface area contributed by atoms with Crippen LogP contribution in [0.3, 0.4) is 0 Å². The number of nitrogens with one attached hydrogen (secondary N) is 1. The molecular formula is C14H26N2O. The lowest BCUT2D eigenvalue weighted by Gasteiger charge is -2.21. The molecule has 0 aliphatic heterocycles. The first-order valence-corrected chi connectivity index (χ1v) is 7.16. The minimum Gasteiger partial charge on any atom is -0.353 e. The standard InChI is InChI=1S/C14H26N2O/c1-3-10-6-7-13(9(10)2)16-14(17)8-12(15)11-4-5-11/h9-13H,3-8,15H2,1-2H3,(H,16,17). The molecule has 0 radical (unpaired) electrons. The number of amides is 1. The van der Waals surface area contributed by atoms with Crippen molar-refractivity contribution in [2.24, 2.45) is 23.5 Å². The van der Waals surface area contributed by atoms with E-state index in [1.165, 1.54) is 25.7 Å². The molecule has 2 aliphatic rings. The Morgan fingerprint density at radius 3 is 2.59 bits per heavy atom. The van der Waals surface area contributed by atoms with Gasteiger partial charge in [0.25, 0.3) is 0 Å². The van der Waals surface area contributed by atoms with Gasteiger partial charge in [-0.2, -0.15) is 0 Å². The lowest BCUT2D eigenvalue weighted by atomic mass is 9.93. The van der Waals surface area contributed by atoms with Gasteiger partial charge in [0.15, 0.2) is 0 Å². The van der Waals surface area contributed by atoms with E-state index in [1.54, 1.807) is 0 Å². The Morgan fingerprint density at radius 1 is 1.35 bits per heavy atom. The lowest BCUT2D eigenvalue weighted by Crippen LogP contribution is -2.40. The normalized spacial score (nSPS) is 34.6. The molecule has 2 aliphatic carbocycles. The molecule has 3 heteroatoms. The summed E-state index contributed by atoms with van der Waals surface area (Å²) in [6.45, 7) is 4.52. The summed E-state index contributed by atoms with van der Waals surface area (Å²) in [7, 11) is 0. The molecule has 2 rings (SSSR count). The number of nitrogens with two attached hydrogens (primary N) is 1. The predicted molar refractivity (Wildman–Crippen MR) is 69.4 cm³/mol. The maximum Gasteiger partial charge on any atom is 0.221 e. The van der Waals surface area contributed by atoms with Crippen molar-refractivity contribution in [3.8, 4) is 0 Å². The van der Waals surface area contributed by atoms with E-state index in [-0.39, 0.29) is 11.9 Å². The predicted octanol–water partition coefficient (Wildman–Crippen LogP) is 2.05. The Balaban J connectivity index is 1.74. The van der Waals surface area contributed by atoms with Crippen molar-refractivity contribution in [1.29, 1.82) is 0 Å². The summed E-state index contributed by atoms with van der Waals surface area (Å²) < 4.78 is 0. The fourth-order valence-electron chi connectivity index (χ4n) is 3.20. The van der Waals surface area contributed by atoms with Crippen molar-refractivity contribution in [1.82, 2.24) is 5.32 Å². The van der Waals surface area contributed by atoms with Gasteiger partial charge in [0.05, 0.1) is 0 Å². The highest BCUT2D eigenvalue weighted by Crippen LogP contribution is 2.35. The minimum atomic E-state index is 0.0914. The van der Waals surface area contributed by atoms with Crippen LogP contribution in [0.1, 0.15) is 52.4 Å². The summed E-state index contributed by atoms with van der Waals surface area (Å²) in [4.78, 5) is 11.9. The molecule has 0 bridgehead atoms. The second-order valence-corrected chi connectivity index (χ2v) is 5.98. The summed E-state index contributed by atoms with van der Waals surface area (Å²) in [5.74, 6) is 2.20. The summed E-state index contributed by atoms with van der Waals surface area (Å²) >= 11 is 0. The maximum atomic E-state index is 11.9. The Kier molecular flexibility index (Phi) is 4.08. The second kappa shape index (κ2) is 5.38. The van der Waals surface area contributed by atoms with E-state index in [0.717, 1.165) is 12.3 Å². The van der Waals surface area contributed by atoms with Gasteiger partial charge in [0.2, 0.25) is 5.91 Å². The largest absolute Gasteiger partial charge is 0.353 e. The van der Waals surface area contributed by atoms with Crippen molar-refractivity contribution < 1.29 is 4.79 Å². The Hall–Kier alpha value is -0.570. The van der Waals surface area contributed by atoms with E-state index < -0.39 is 0 Å². The maximum absolute atomic E-state index is 11.9. The second-order valence-electron chi connectivity index (χ2n) is 5.98. The third-order valence-corrected chi connectivity index (χ3v) is 4.75. The van der Waals surface area contributed by atoms with E-state index in [9.17, 15) is 4.79 Å². The Bertz CT molecular complexity index is 275. The van der Waals surface area contributed by atoms with Gasteiger partial charge < -0.3 is 11.1 Å². The number of hydrogen-bond acceptors (Lipinski definition) is 2. The average molecular weight is 238 g/mol. The van der Waals surface area contributed by atoms with Gasteiger partial charge in [0, 0.05) is 18.5 Å². The molecule has 4 unspecified atom stereocenters. The summed E-state index contributed by atoms with van der Waals surface area (Å²) in [5, 5.41) is 3.19. The van der Waals surface area contributed by atoms with Crippen LogP contribution in [0.4, 0.5) is 0 Å². The molecule has 3 N–H and O–H groups in total. The Morgan fingerprint density at radius 2 is 2.06 bits per heavy atom. The van der Waals surface area contributed by atoms with Crippen LogP contribution in [-0.4, -0.2) is 18.0 Å². The van der Waals surface area contributed by atoms with E-state index in [4.69, 9.17) is 5.73 Å². The van der Waals surface area contributed by atoms with E-state index in [2.05, 4.69) is 19.2 Å². The molecule has 0 saturated heterocycles. The molecule has 4 atom stereocenters. The molecule has 1 amide bonds. The van der Waals surface area contributed by atoms with Crippen LogP contribution < -0.4 is 11.1 Å². The lowest BCUT2D eigenvalue weighted by molar-refractivity contribution is -0.122. The van der Waals surface area contributed by atoms with Crippen LogP contribution in [0, 0.1) is 17.8 Å². The van der Waals surface area contributed by atoms with E-state index >= 15 is 0 Å². The summed E-state index contributed by atoms with van der Waals surface area (Å²) in [6.07, 6.45) is 6.58. The molecule has 98 valence electrons. The Labute approximate surface area is 105 Å². The van der Waals surface area contributed by atoms with Crippen molar-refractivity contribution in [3.05, 3.63) is 0 Å². The molecule has 0 heterocycles. The van der Waals surface area contributed by atoms with Crippen LogP contribution in [0.15, 0.2) is 0 Å². The zero-order valence-corrected chi connectivity index (χ0v) is 11.1. The van der Waals surface area contributed by atoms with Gasteiger partial charge in [-0.3, -0.25) is 4.79 Å². The van der Waals surface area contributed by atoms with Gasteiger partial charge in [-0.15, -0.1) is 0 Å². The zero-order chi connectivity index (χ0) is 12.4. The first kappa shape index (κ1) is 12.9. The number of hydrogen-bond donors (Lipinski definition) is 2. The van der Waals surface area contributed by atoms with Gasteiger partial charge in [-0.25, -0.2) is 0 Å². The SMILES string of the molecule is CCC1CCC(NC(=O)CC(N)C2CC2)C1C. The fraction of sp³-hybridized carbons (Fsp3) is 0.929. The highest BCUT2D eigenvalue weighted by atomic mass is 16.1. The number of carbonyl (C=O) groups is 1. The smallest absolute Gasteiger partial charge is 0.221 e. The van der Waals surface area contributed by atoms with E-state index in [1.807, 2.05) is 0 Å². The van der Waals surface area contributed by atoms with Crippen LogP contribution in [-0.2, 0) is 4.79 Å². The zero-order valence-electron chi connectivity index (χ0n) is 11.1. The molecular weight excluding hydrogens is 212 g/mol.